The highest BCUT2D eigenvalue weighted by Gasteiger charge is 2.01. The van der Waals surface area contributed by atoms with Crippen LogP contribution in [-0.4, -0.2) is 24.9 Å². The molecule has 1 atom stereocenters. The maximum absolute atomic E-state index is 8.78. The van der Waals surface area contributed by atoms with E-state index in [4.69, 9.17) is 9.84 Å². The van der Waals surface area contributed by atoms with Gasteiger partial charge in [0, 0.05) is 22.8 Å². The number of ether oxygens (including phenoxy) is 1. The predicted octanol–water partition coefficient (Wildman–Crippen LogP) is 1.23. The summed E-state index contributed by atoms with van der Waals surface area (Å²) in [5, 5.41) is 13.9. The van der Waals surface area contributed by atoms with Crippen LogP contribution >= 0.6 is 11.3 Å². The summed E-state index contributed by atoms with van der Waals surface area (Å²) in [6, 6.07) is 2.15. The van der Waals surface area contributed by atoms with Crippen LogP contribution in [0.15, 0.2) is 11.4 Å². The molecule has 1 unspecified atom stereocenters. The van der Waals surface area contributed by atoms with Gasteiger partial charge in [-0.3, -0.25) is 0 Å². The molecule has 74 valence electrons. The molecule has 0 radical (unpaired) electrons. The Balaban J connectivity index is 2.36. The molecule has 4 heteroatoms. The van der Waals surface area contributed by atoms with E-state index in [-0.39, 0.29) is 12.6 Å². The first-order valence-electron chi connectivity index (χ1n) is 4.22. The monoisotopic (exact) mass is 201 g/mol. The first kappa shape index (κ1) is 10.5. The third-order valence-electron chi connectivity index (χ3n) is 1.76. The van der Waals surface area contributed by atoms with Gasteiger partial charge >= 0.3 is 0 Å². The Labute approximate surface area is 82.4 Å². The average molecular weight is 201 g/mol. The van der Waals surface area contributed by atoms with Crippen LogP contribution in [0.1, 0.15) is 11.8 Å². The fourth-order valence-electron chi connectivity index (χ4n) is 0.900. The summed E-state index contributed by atoms with van der Waals surface area (Å²) in [6.45, 7) is 2.91. The third-order valence-corrected chi connectivity index (χ3v) is 2.68. The van der Waals surface area contributed by atoms with Gasteiger partial charge in [-0.25, -0.2) is 0 Å². The third kappa shape index (κ3) is 3.34. The molecule has 13 heavy (non-hydrogen) atoms. The molecule has 1 heterocycles. The molecule has 3 nitrogen and oxygen atoms in total. The molecule has 0 aliphatic rings. The van der Waals surface area contributed by atoms with E-state index in [0.717, 1.165) is 12.3 Å². The van der Waals surface area contributed by atoms with Gasteiger partial charge < -0.3 is 15.2 Å². The molecule has 1 rings (SSSR count). The number of hydrogen-bond donors (Lipinski definition) is 2. The van der Waals surface area contributed by atoms with Crippen LogP contribution < -0.4 is 10.1 Å². The lowest BCUT2D eigenvalue weighted by Gasteiger charge is -2.08. The first-order valence-corrected chi connectivity index (χ1v) is 5.10. The molecule has 0 aromatic carbocycles. The highest BCUT2D eigenvalue weighted by molar-refractivity contribution is 7.10. The standard InChI is InChI=1S/C9H15NO2S/c1-7(5-11)10-4-9-3-8(12-2)6-13-9/h3,6-7,10-11H,4-5H2,1-2H3. The zero-order valence-electron chi connectivity index (χ0n) is 7.91. The van der Waals surface area contributed by atoms with Crippen LogP contribution in [0.2, 0.25) is 0 Å². The van der Waals surface area contributed by atoms with E-state index in [1.54, 1.807) is 18.4 Å². The second kappa shape index (κ2) is 5.21. The molecule has 0 aliphatic heterocycles. The van der Waals surface area contributed by atoms with E-state index in [1.165, 1.54) is 4.88 Å². The smallest absolute Gasteiger partial charge is 0.129 e. The first-order chi connectivity index (χ1) is 6.26. The predicted molar refractivity (Wildman–Crippen MR) is 54.3 cm³/mol. The van der Waals surface area contributed by atoms with Gasteiger partial charge in [0.2, 0.25) is 0 Å². The Morgan fingerprint density at radius 2 is 2.46 bits per heavy atom. The van der Waals surface area contributed by atoms with Gasteiger partial charge in [-0.05, 0) is 13.0 Å². The summed E-state index contributed by atoms with van der Waals surface area (Å²) < 4.78 is 5.06. The molecule has 0 amide bonds. The minimum atomic E-state index is 0.146. The molecule has 0 aliphatic carbocycles. The molecule has 1 aromatic rings. The van der Waals surface area contributed by atoms with Crippen molar-refractivity contribution in [1.82, 2.24) is 5.32 Å². The lowest BCUT2D eigenvalue weighted by atomic mass is 10.3. The van der Waals surface area contributed by atoms with Crippen molar-refractivity contribution in [3.05, 3.63) is 16.3 Å². The zero-order chi connectivity index (χ0) is 9.68. The summed E-state index contributed by atoms with van der Waals surface area (Å²) in [7, 11) is 1.66. The number of aliphatic hydroxyl groups is 1. The number of nitrogens with one attached hydrogen (secondary N) is 1. The molecule has 0 fully saturated rings. The van der Waals surface area contributed by atoms with Crippen molar-refractivity contribution in [2.24, 2.45) is 0 Å². The van der Waals surface area contributed by atoms with Gasteiger partial charge in [-0.15, -0.1) is 11.3 Å². The van der Waals surface area contributed by atoms with Crippen molar-refractivity contribution in [3.8, 4) is 5.75 Å². The molecule has 0 bridgehead atoms. The summed E-state index contributed by atoms with van der Waals surface area (Å²) in [6.07, 6.45) is 0. The van der Waals surface area contributed by atoms with Crippen LogP contribution in [0.3, 0.4) is 0 Å². The maximum atomic E-state index is 8.78. The maximum Gasteiger partial charge on any atom is 0.129 e. The fourth-order valence-corrected chi connectivity index (χ4v) is 1.68. The van der Waals surface area contributed by atoms with Gasteiger partial charge in [-0.1, -0.05) is 0 Å². The van der Waals surface area contributed by atoms with Crippen LogP contribution in [-0.2, 0) is 6.54 Å². The Hall–Kier alpha value is -0.580. The summed E-state index contributed by atoms with van der Waals surface area (Å²) in [4.78, 5) is 1.22. The number of hydrogen-bond acceptors (Lipinski definition) is 4. The number of rotatable bonds is 5. The molecule has 0 saturated heterocycles. The largest absolute Gasteiger partial charge is 0.496 e. The minimum absolute atomic E-state index is 0.146. The Morgan fingerprint density at radius 1 is 1.69 bits per heavy atom. The van der Waals surface area contributed by atoms with Crippen molar-refractivity contribution in [1.29, 1.82) is 0 Å². The molecule has 2 N–H and O–H groups in total. The normalized spacial score (nSPS) is 12.8. The topological polar surface area (TPSA) is 41.5 Å². The average Bonchev–Trinajstić information content (AvgIpc) is 2.61. The van der Waals surface area contributed by atoms with Crippen LogP contribution in [0.4, 0.5) is 0 Å². The van der Waals surface area contributed by atoms with E-state index in [2.05, 4.69) is 5.32 Å². The quantitative estimate of drug-likeness (QED) is 0.753. The van der Waals surface area contributed by atoms with Gasteiger partial charge in [0.05, 0.1) is 13.7 Å². The lowest BCUT2D eigenvalue weighted by Crippen LogP contribution is -2.28. The molecule has 0 spiro atoms. The Morgan fingerprint density at radius 3 is 3.00 bits per heavy atom. The molecule has 0 saturated carbocycles. The van der Waals surface area contributed by atoms with Crippen molar-refractivity contribution in [3.63, 3.8) is 0 Å². The van der Waals surface area contributed by atoms with Gasteiger partial charge in [-0.2, -0.15) is 0 Å². The number of methoxy groups -OCH3 is 1. The van der Waals surface area contributed by atoms with E-state index >= 15 is 0 Å². The molecular weight excluding hydrogens is 186 g/mol. The van der Waals surface area contributed by atoms with E-state index in [1.807, 2.05) is 18.4 Å². The highest BCUT2D eigenvalue weighted by atomic mass is 32.1. The fraction of sp³-hybridized carbons (Fsp3) is 0.556. The minimum Gasteiger partial charge on any atom is -0.496 e. The van der Waals surface area contributed by atoms with Crippen LogP contribution in [0.5, 0.6) is 5.75 Å². The van der Waals surface area contributed by atoms with Crippen molar-refractivity contribution in [2.45, 2.75) is 19.5 Å². The SMILES string of the molecule is COc1csc(CNC(C)CO)c1. The lowest BCUT2D eigenvalue weighted by molar-refractivity contribution is 0.251. The summed E-state index contributed by atoms with van der Waals surface area (Å²) in [5.41, 5.74) is 0. The van der Waals surface area contributed by atoms with Crippen molar-refractivity contribution < 1.29 is 9.84 Å². The van der Waals surface area contributed by atoms with Crippen molar-refractivity contribution >= 4 is 11.3 Å². The van der Waals surface area contributed by atoms with Crippen molar-refractivity contribution in [2.75, 3.05) is 13.7 Å². The highest BCUT2D eigenvalue weighted by Crippen LogP contribution is 2.20. The Kier molecular flexibility index (Phi) is 4.21. The second-order valence-corrected chi connectivity index (χ2v) is 3.91. The molecular formula is C9H15NO2S. The molecule has 1 aromatic heterocycles. The summed E-state index contributed by atoms with van der Waals surface area (Å²) in [5.74, 6) is 0.901. The number of aliphatic hydroxyl groups excluding tert-OH is 1. The van der Waals surface area contributed by atoms with E-state index in [0.29, 0.717) is 0 Å². The second-order valence-electron chi connectivity index (χ2n) is 2.92. The van der Waals surface area contributed by atoms with Gasteiger partial charge in [0.25, 0.3) is 0 Å². The number of thiophene rings is 1. The van der Waals surface area contributed by atoms with Crippen LogP contribution in [0.25, 0.3) is 0 Å². The summed E-state index contributed by atoms with van der Waals surface area (Å²) >= 11 is 1.66. The van der Waals surface area contributed by atoms with E-state index < -0.39 is 0 Å². The van der Waals surface area contributed by atoms with Crippen LogP contribution in [0, 0.1) is 0 Å². The van der Waals surface area contributed by atoms with E-state index in [9.17, 15) is 0 Å². The van der Waals surface area contributed by atoms with Gasteiger partial charge in [0.1, 0.15) is 5.75 Å². The Bertz CT molecular complexity index is 250. The zero-order valence-corrected chi connectivity index (χ0v) is 8.73. The van der Waals surface area contributed by atoms with Gasteiger partial charge in [0.15, 0.2) is 0 Å².